The van der Waals surface area contributed by atoms with Gasteiger partial charge >= 0.3 is 0 Å². The van der Waals surface area contributed by atoms with Gasteiger partial charge in [-0.15, -0.1) is 0 Å². The quantitative estimate of drug-likeness (QED) is 0.252. The second kappa shape index (κ2) is 10.9. The van der Waals surface area contributed by atoms with E-state index in [0.29, 0.717) is 16.9 Å². The zero-order valence-corrected chi connectivity index (χ0v) is 20.7. The van der Waals surface area contributed by atoms with E-state index in [9.17, 15) is 14.0 Å². The first-order chi connectivity index (χ1) is 17.0. The van der Waals surface area contributed by atoms with E-state index in [-0.39, 0.29) is 17.0 Å². The third kappa shape index (κ3) is 6.15. The molecular formula is C28H28FN5O2. The highest BCUT2D eigenvalue weighted by molar-refractivity contribution is 6.06. The number of rotatable bonds is 8. The van der Waals surface area contributed by atoms with Crippen molar-refractivity contribution in [3.05, 3.63) is 89.5 Å². The molecule has 0 fully saturated rings. The maximum atomic E-state index is 14.4. The van der Waals surface area contributed by atoms with Gasteiger partial charge in [-0.05, 0) is 93.6 Å². The maximum absolute atomic E-state index is 14.4. The van der Waals surface area contributed by atoms with Crippen LogP contribution in [0.1, 0.15) is 36.8 Å². The number of allylic oxidation sites excluding steroid dienone is 2. The van der Waals surface area contributed by atoms with E-state index < -0.39 is 17.5 Å². The molecule has 36 heavy (non-hydrogen) atoms. The number of amides is 2. The van der Waals surface area contributed by atoms with Crippen LogP contribution in [0.4, 0.5) is 10.1 Å². The van der Waals surface area contributed by atoms with E-state index >= 15 is 0 Å². The second-order valence-corrected chi connectivity index (χ2v) is 8.61. The second-order valence-electron chi connectivity index (χ2n) is 8.61. The Bertz CT molecular complexity index is 1390. The predicted molar refractivity (Wildman–Crippen MR) is 141 cm³/mol. The fourth-order valence-electron chi connectivity index (χ4n) is 3.53. The Morgan fingerprint density at radius 3 is 2.42 bits per heavy atom. The van der Waals surface area contributed by atoms with Gasteiger partial charge in [0.05, 0.1) is 11.4 Å². The van der Waals surface area contributed by atoms with E-state index in [1.807, 2.05) is 31.2 Å². The molecule has 0 unspecified atom stereocenters. The molecule has 184 valence electrons. The molecule has 3 aromatic rings. The van der Waals surface area contributed by atoms with E-state index in [1.54, 1.807) is 37.4 Å². The molecule has 0 radical (unpaired) electrons. The van der Waals surface area contributed by atoms with Gasteiger partial charge in [0.15, 0.2) is 0 Å². The van der Waals surface area contributed by atoms with Gasteiger partial charge < -0.3 is 11.1 Å². The van der Waals surface area contributed by atoms with Crippen LogP contribution in [-0.4, -0.2) is 34.2 Å². The molecule has 1 aromatic carbocycles. The van der Waals surface area contributed by atoms with Crippen LogP contribution >= 0.6 is 0 Å². The molecule has 3 N–H and O–H groups in total. The lowest BCUT2D eigenvalue weighted by Crippen LogP contribution is -2.18. The maximum Gasteiger partial charge on any atom is 0.267 e. The molecule has 0 saturated carbocycles. The van der Waals surface area contributed by atoms with Crippen molar-refractivity contribution in [2.75, 3.05) is 5.32 Å². The summed E-state index contributed by atoms with van der Waals surface area (Å²) in [6.07, 6.45) is 6.16. The molecule has 8 heteroatoms. The molecule has 0 bridgehead atoms. The number of anilines is 1. The van der Waals surface area contributed by atoms with E-state index in [0.717, 1.165) is 16.7 Å². The zero-order chi connectivity index (χ0) is 26.5. The minimum absolute atomic E-state index is 0.0651. The Morgan fingerprint density at radius 2 is 1.78 bits per heavy atom. The number of pyridine rings is 2. The van der Waals surface area contributed by atoms with Crippen LogP contribution in [0.2, 0.25) is 0 Å². The Morgan fingerprint density at radius 1 is 1.08 bits per heavy atom. The fraction of sp³-hybridized carbons (Fsp3) is 0.179. The summed E-state index contributed by atoms with van der Waals surface area (Å²) >= 11 is 0. The summed E-state index contributed by atoms with van der Waals surface area (Å²) in [4.78, 5) is 36.5. The molecule has 0 spiro atoms. The van der Waals surface area contributed by atoms with Crippen LogP contribution < -0.4 is 11.1 Å². The number of nitrogens with one attached hydrogen (secondary N) is 1. The molecule has 0 aliphatic carbocycles. The van der Waals surface area contributed by atoms with Gasteiger partial charge in [-0.1, -0.05) is 12.1 Å². The van der Waals surface area contributed by atoms with Crippen LogP contribution in [0.15, 0.2) is 83.3 Å². The van der Waals surface area contributed by atoms with Crippen LogP contribution in [-0.2, 0) is 4.79 Å². The molecule has 0 aliphatic rings. The lowest BCUT2D eigenvalue weighted by molar-refractivity contribution is -0.112. The monoisotopic (exact) mass is 485 g/mol. The van der Waals surface area contributed by atoms with Gasteiger partial charge in [0.1, 0.15) is 11.4 Å². The highest BCUT2D eigenvalue weighted by Crippen LogP contribution is 2.30. The van der Waals surface area contributed by atoms with Crippen molar-refractivity contribution in [2.24, 2.45) is 10.7 Å². The number of benzene rings is 1. The van der Waals surface area contributed by atoms with Gasteiger partial charge in [-0.2, -0.15) is 0 Å². The van der Waals surface area contributed by atoms with E-state index in [2.05, 4.69) is 27.0 Å². The van der Waals surface area contributed by atoms with Crippen molar-refractivity contribution in [3.63, 3.8) is 0 Å². The Balaban J connectivity index is 1.93. The number of aliphatic imine (C=N–C) groups is 1. The number of nitrogens with zero attached hydrogens (tertiary/aromatic N) is 3. The van der Waals surface area contributed by atoms with Gasteiger partial charge in [0.2, 0.25) is 0 Å². The van der Waals surface area contributed by atoms with Crippen LogP contribution in [0.3, 0.4) is 0 Å². The molecule has 0 aliphatic heterocycles. The highest BCUT2D eigenvalue weighted by Gasteiger charge is 2.22. The highest BCUT2D eigenvalue weighted by atomic mass is 19.1. The zero-order valence-electron chi connectivity index (χ0n) is 20.7. The Kier molecular flexibility index (Phi) is 7.89. The number of aryl methyl sites for hydroxylation is 1. The number of hydrogen-bond acceptors (Lipinski definition) is 5. The van der Waals surface area contributed by atoms with Crippen LogP contribution in [0.5, 0.6) is 0 Å². The topological polar surface area (TPSA) is 110 Å². The SMILES string of the molecule is C=N/C(=C\C(=C/C)C(=O)Nc1ccc(C)c(-c2ccnc(-c3ccnc(C(N)=O)c3)c2)c1)C(C)(C)F. The largest absolute Gasteiger partial charge is 0.364 e. The lowest BCUT2D eigenvalue weighted by atomic mass is 9.98. The minimum atomic E-state index is -1.74. The summed E-state index contributed by atoms with van der Waals surface area (Å²) in [7, 11) is 0. The van der Waals surface area contributed by atoms with Crippen molar-refractivity contribution in [3.8, 4) is 22.4 Å². The standard InChI is InChI=1S/C28H28FN5O2/c1-6-18(15-25(31-5)28(3,4)29)27(36)34-21-8-7-17(2)22(16-21)19-9-11-32-23(13-19)20-10-12-33-24(14-20)26(30)35/h6-16H,5H2,1-4H3,(H2,30,35)(H,34,36)/b18-6+,25-15-. The Hall–Kier alpha value is -4.46. The molecule has 0 saturated heterocycles. The number of aromatic nitrogens is 2. The summed E-state index contributed by atoms with van der Waals surface area (Å²) in [6.45, 7) is 9.77. The number of carbonyl (C=O) groups is 2. The summed E-state index contributed by atoms with van der Waals surface area (Å²) in [6, 6.07) is 12.6. The molecule has 2 aromatic heterocycles. The van der Waals surface area contributed by atoms with Crippen molar-refractivity contribution in [1.29, 1.82) is 0 Å². The number of halogens is 1. The first kappa shape index (κ1) is 26.2. The average Bonchev–Trinajstić information content (AvgIpc) is 2.85. The molecule has 2 amide bonds. The van der Waals surface area contributed by atoms with Crippen molar-refractivity contribution < 1.29 is 14.0 Å². The number of primary amides is 1. The number of nitrogens with two attached hydrogens (primary N) is 1. The first-order valence-electron chi connectivity index (χ1n) is 11.2. The predicted octanol–water partition coefficient (Wildman–Crippen LogP) is 5.44. The lowest BCUT2D eigenvalue weighted by Gasteiger charge is -2.15. The van der Waals surface area contributed by atoms with Crippen LogP contribution in [0, 0.1) is 6.92 Å². The average molecular weight is 486 g/mol. The third-order valence-electron chi connectivity index (χ3n) is 5.52. The normalized spacial score (nSPS) is 12.2. The van der Waals surface area contributed by atoms with Crippen molar-refractivity contribution in [2.45, 2.75) is 33.4 Å². The molecule has 3 rings (SSSR count). The fourth-order valence-corrected chi connectivity index (χ4v) is 3.53. The summed E-state index contributed by atoms with van der Waals surface area (Å²) in [5.74, 6) is -1.02. The Labute approximate surface area is 209 Å². The third-order valence-corrected chi connectivity index (χ3v) is 5.52. The van der Waals surface area contributed by atoms with Crippen molar-refractivity contribution >= 4 is 24.2 Å². The van der Waals surface area contributed by atoms with E-state index in [4.69, 9.17) is 5.73 Å². The molecule has 2 heterocycles. The minimum Gasteiger partial charge on any atom is -0.364 e. The van der Waals surface area contributed by atoms with Crippen molar-refractivity contribution in [1.82, 2.24) is 9.97 Å². The van der Waals surface area contributed by atoms with Gasteiger partial charge in [-0.25, -0.2) is 4.39 Å². The summed E-state index contributed by atoms with van der Waals surface area (Å²) in [5.41, 5.74) is 8.76. The number of alkyl halides is 1. The van der Waals surface area contributed by atoms with Gasteiger partial charge in [0, 0.05) is 29.2 Å². The molecular weight excluding hydrogens is 457 g/mol. The smallest absolute Gasteiger partial charge is 0.267 e. The summed E-state index contributed by atoms with van der Waals surface area (Å²) in [5, 5.41) is 2.87. The van der Waals surface area contributed by atoms with Crippen LogP contribution in [0.25, 0.3) is 22.4 Å². The molecule has 7 nitrogen and oxygen atoms in total. The summed E-state index contributed by atoms with van der Waals surface area (Å²) < 4.78 is 14.4. The first-order valence-corrected chi connectivity index (χ1v) is 11.2. The number of hydrogen-bond donors (Lipinski definition) is 2. The molecule has 0 atom stereocenters. The van der Waals surface area contributed by atoms with Gasteiger partial charge in [-0.3, -0.25) is 24.5 Å². The number of carbonyl (C=O) groups excluding carboxylic acids is 2. The van der Waals surface area contributed by atoms with E-state index in [1.165, 1.54) is 26.1 Å². The van der Waals surface area contributed by atoms with Gasteiger partial charge in [0.25, 0.3) is 11.8 Å².